The van der Waals surface area contributed by atoms with Crippen molar-refractivity contribution in [2.75, 3.05) is 0 Å². The molecule has 528 valence electrons. The summed E-state index contributed by atoms with van der Waals surface area (Å²) in [5.74, 6) is 0. The van der Waals surface area contributed by atoms with Gasteiger partial charge in [0, 0.05) is 26.5 Å². The summed E-state index contributed by atoms with van der Waals surface area (Å²) in [6.45, 7) is 44.3. The van der Waals surface area contributed by atoms with Gasteiger partial charge in [-0.25, -0.2) is 4.99 Å². The second kappa shape index (κ2) is 42.0. The Bertz CT molecular complexity index is 3640. The van der Waals surface area contributed by atoms with Gasteiger partial charge < -0.3 is 0 Å². The lowest BCUT2D eigenvalue weighted by molar-refractivity contribution is 0.589. The van der Waals surface area contributed by atoms with Gasteiger partial charge in [-0.15, -0.1) is 11.3 Å². The molecule has 2 heteroatoms. The highest BCUT2D eigenvalue weighted by molar-refractivity contribution is 7.15. The van der Waals surface area contributed by atoms with E-state index in [1.165, 1.54) is 226 Å². The quantitative estimate of drug-likeness (QED) is 0.0221. The van der Waals surface area contributed by atoms with E-state index in [0.29, 0.717) is 0 Å². The number of benzene rings is 5. The summed E-state index contributed by atoms with van der Waals surface area (Å²) >= 11 is 2.00. The fraction of sp³-hybridized carbons (Fsp3) is 0.490. The molecule has 0 fully saturated rings. The molecule has 1 heterocycles. The van der Waals surface area contributed by atoms with E-state index in [2.05, 4.69) is 263 Å². The number of unbranched alkanes of at least 4 members (excludes halogenated alkanes) is 16. The van der Waals surface area contributed by atoms with Crippen LogP contribution in [0, 0.1) is 20.8 Å². The first-order valence-electron chi connectivity index (χ1n) is 39.3. The molecule has 1 nitrogen and oxygen atoms in total. The molecular formula is C96H133NS. The van der Waals surface area contributed by atoms with Gasteiger partial charge >= 0.3 is 0 Å². The molecule has 8 rings (SSSR count). The number of nitrogens with zero attached hydrogens (tertiary/aromatic N) is 1. The molecule has 0 bridgehead atoms. The number of allylic oxidation sites excluding steroid dienone is 13. The fourth-order valence-corrected chi connectivity index (χ4v) is 15.2. The normalized spacial score (nSPS) is 13.7. The summed E-state index contributed by atoms with van der Waals surface area (Å²) in [7, 11) is 0. The largest absolute Gasteiger partial charge is 0.247 e. The van der Waals surface area contributed by atoms with Crippen LogP contribution in [0.15, 0.2) is 163 Å². The molecule has 0 spiro atoms. The Balaban J connectivity index is 0.000000841. The Kier molecular flexibility index (Phi) is 34.6. The lowest BCUT2D eigenvalue weighted by atomic mass is 9.84. The number of rotatable bonds is 33. The maximum Gasteiger partial charge on any atom is 0.0781 e. The molecule has 0 N–H and O–H groups in total. The maximum absolute atomic E-state index is 6.09. The minimum Gasteiger partial charge on any atom is -0.247 e. The number of hydrogen-bond donors (Lipinski definition) is 0. The number of thiophene rings is 1. The zero-order valence-corrected chi connectivity index (χ0v) is 66.0. The predicted molar refractivity (Wildman–Crippen MR) is 444 cm³/mol. The molecule has 0 unspecified atom stereocenters. The first-order valence-corrected chi connectivity index (χ1v) is 40.2. The Morgan fingerprint density at radius 3 is 1.62 bits per heavy atom. The Labute approximate surface area is 605 Å². The molecule has 0 saturated carbocycles. The van der Waals surface area contributed by atoms with Gasteiger partial charge in [0.05, 0.1) is 11.4 Å². The Hall–Kier alpha value is -6.35. The number of hydrogen-bond acceptors (Lipinski definition) is 2. The average Bonchev–Trinajstić information content (AvgIpc) is 1.41. The summed E-state index contributed by atoms with van der Waals surface area (Å²) in [5.41, 5.74) is 27.7. The lowest BCUT2D eigenvalue weighted by Gasteiger charge is -2.21. The molecule has 0 amide bonds. The van der Waals surface area contributed by atoms with E-state index in [9.17, 15) is 0 Å². The zero-order valence-electron chi connectivity index (χ0n) is 65.2. The first kappa shape index (κ1) is 80.6. The van der Waals surface area contributed by atoms with Crippen LogP contribution in [0.25, 0.3) is 49.4 Å². The molecular weight excluding hydrogens is 1200 g/mol. The highest BCUT2D eigenvalue weighted by atomic mass is 32.1. The second-order valence-electron chi connectivity index (χ2n) is 30.6. The van der Waals surface area contributed by atoms with Crippen LogP contribution in [0.2, 0.25) is 0 Å². The fourth-order valence-electron chi connectivity index (χ4n) is 13.8. The molecule has 0 radical (unpaired) electrons. The molecule has 1 aromatic heterocycles. The second-order valence-corrected chi connectivity index (χ2v) is 31.6. The minimum absolute atomic E-state index is 0.0441. The average molecular weight is 1330 g/mol. The molecule has 0 saturated heterocycles. The summed E-state index contributed by atoms with van der Waals surface area (Å²) in [6, 6.07) is 39.9. The smallest absolute Gasteiger partial charge is 0.0781 e. The van der Waals surface area contributed by atoms with Crippen molar-refractivity contribution >= 4 is 50.6 Å². The summed E-state index contributed by atoms with van der Waals surface area (Å²) in [6.07, 6.45) is 51.5. The van der Waals surface area contributed by atoms with Gasteiger partial charge in [-0.05, 0) is 197 Å². The van der Waals surface area contributed by atoms with E-state index in [0.717, 1.165) is 85.9 Å². The zero-order chi connectivity index (χ0) is 71.0. The third-order valence-corrected chi connectivity index (χ3v) is 21.7. The summed E-state index contributed by atoms with van der Waals surface area (Å²) in [4.78, 5) is 8.93. The number of aliphatic imine (C=N–C) groups is 1. The van der Waals surface area contributed by atoms with Gasteiger partial charge in [0.15, 0.2) is 0 Å². The molecule has 0 atom stereocenters. The van der Waals surface area contributed by atoms with E-state index < -0.39 is 0 Å². The summed E-state index contributed by atoms with van der Waals surface area (Å²) in [5, 5.41) is 0. The van der Waals surface area contributed by atoms with Gasteiger partial charge in [0.2, 0.25) is 0 Å². The summed E-state index contributed by atoms with van der Waals surface area (Å²) < 4.78 is 0. The van der Waals surface area contributed by atoms with Crippen molar-refractivity contribution in [3.8, 4) is 21.6 Å². The SMILES string of the molecule is C=C(C(=Nc1c(/C(=C/C(CCCCCC)=C(\C)c2ccc(-c3ccc(C(C)(C)C)cc3C)c(C)c2)CCC)ccc(-c2cc(CCCCCC)c(C(C)(C)C)s2)c1C)c1ccc(C2=CC=CCC2)cc1)c1ccc(C2=CCCC=C2)cc1.CCCCCCC.CCCCCCCCC. The Morgan fingerprint density at radius 2 is 1.07 bits per heavy atom. The van der Waals surface area contributed by atoms with Gasteiger partial charge in [-0.2, -0.15) is 0 Å². The van der Waals surface area contributed by atoms with Crippen LogP contribution in [0.1, 0.15) is 336 Å². The van der Waals surface area contributed by atoms with Crippen LogP contribution in [0.3, 0.4) is 0 Å². The van der Waals surface area contributed by atoms with Gasteiger partial charge in [-0.3, -0.25) is 0 Å². The first-order chi connectivity index (χ1) is 47.2. The Morgan fingerprint density at radius 1 is 0.520 bits per heavy atom. The predicted octanol–water partition coefficient (Wildman–Crippen LogP) is 31.4. The van der Waals surface area contributed by atoms with E-state index in [1.807, 2.05) is 11.3 Å². The molecule has 6 aromatic rings. The van der Waals surface area contributed by atoms with Crippen molar-refractivity contribution < 1.29 is 0 Å². The van der Waals surface area contributed by atoms with Gasteiger partial charge in [0.25, 0.3) is 0 Å². The van der Waals surface area contributed by atoms with E-state index in [-0.39, 0.29) is 10.8 Å². The third-order valence-electron chi connectivity index (χ3n) is 20.1. The van der Waals surface area contributed by atoms with Crippen LogP contribution >= 0.6 is 11.3 Å². The number of aryl methyl sites for hydroxylation is 3. The van der Waals surface area contributed by atoms with Gasteiger partial charge in [-0.1, -0.05) is 358 Å². The van der Waals surface area contributed by atoms with Crippen LogP contribution in [0.5, 0.6) is 0 Å². The molecule has 5 aromatic carbocycles. The molecule has 98 heavy (non-hydrogen) atoms. The third kappa shape index (κ3) is 24.5. The van der Waals surface area contributed by atoms with Crippen LogP contribution in [0.4, 0.5) is 5.69 Å². The van der Waals surface area contributed by atoms with Crippen molar-refractivity contribution in [2.24, 2.45) is 4.99 Å². The molecule has 0 aliphatic heterocycles. The highest BCUT2D eigenvalue weighted by Gasteiger charge is 2.25. The van der Waals surface area contributed by atoms with E-state index in [1.54, 1.807) is 0 Å². The van der Waals surface area contributed by atoms with Crippen molar-refractivity contribution in [3.05, 3.63) is 224 Å². The van der Waals surface area contributed by atoms with Crippen LogP contribution in [-0.4, -0.2) is 5.71 Å². The van der Waals surface area contributed by atoms with Crippen molar-refractivity contribution in [2.45, 2.75) is 308 Å². The van der Waals surface area contributed by atoms with Gasteiger partial charge in [0.1, 0.15) is 0 Å². The molecule has 2 aliphatic carbocycles. The maximum atomic E-state index is 6.09. The highest BCUT2D eigenvalue weighted by Crippen LogP contribution is 2.46. The van der Waals surface area contributed by atoms with Crippen molar-refractivity contribution in [3.63, 3.8) is 0 Å². The van der Waals surface area contributed by atoms with Crippen LogP contribution < -0.4 is 0 Å². The lowest BCUT2D eigenvalue weighted by Crippen LogP contribution is -2.11. The monoisotopic (exact) mass is 1330 g/mol. The molecule has 2 aliphatic rings. The topological polar surface area (TPSA) is 12.4 Å². The van der Waals surface area contributed by atoms with E-state index in [4.69, 9.17) is 11.6 Å². The minimum atomic E-state index is 0.0441. The van der Waals surface area contributed by atoms with Crippen molar-refractivity contribution in [1.29, 1.82) is 0 Å². The van der Waals surface area contributed by atoms with Crippen molar-refractivity contribution in [1.82, 2.24) is 0 Å². The van der Waals surface area contributed by atoms with E-state index >= 15 is 0 Å². The standard InChI is InChI=1S/C80H97NS.C9H20.C7H16/c1-15-18-20-24-35-66(57(6)67-45-47-71(55(4)51-67)72-48-46-70(52-56(72)5)79(9,10)11)53-68(30-17-3)74-50-49-73(75-54-69(36-25-21-19-16-2)78(82-75)80(12,13)14)59(8)77(74)81-76(65-43-41-64(42-44-65)62-33-28-23-29-34-62)58(7)60-37-39-63(40-38-60)61-31-26-22-27-32-61;1-3-5-7-9-8-6-4-2;1-3-5-7-6-4-2/h23,26,28,31-33,37-54H,7,15-22,24-25,27,29-30,34-36H2,1-6,8-14H3;3-9H2,1-2H3;3-7H2,1-2H3/b66-57+,68-53+,81-76?;;. The van der Waals surface area contributed by atoms with Crippen LogP contribution in [-0.2, 0) is 17.3 Å².